The van der Waals surface area contributed by atoms with Crippen molar-refractivity contribution in [3.05, 3.63) is 28.2 Å². The van der Waals surface area contributed by atoms with Crippen molar-refractivity contribution in [1.29, 1.82) is 0 Å². The van der Waals surface area contributed by atoms with Crippen molar-refractivity contribution in [2.75, 3.05) is 25.2 Å². The average molecular weight is 316 g/mol. The van der Waals surface area contributed by atoms with Gasteiger partial charge in [-0.15, -0.1) is 0 Å². The predicted octanol–water partition coefficient (Wildman–Crippen LogP) is 3.36. The van der Waals surface area contributed by atoms with Crippen LogP contribution in [0.1, 0.15) is 32.4 Å². The molecule has 0 aliphatic heterocycles. The number of aliphatic hydroxyl groups excluding tert-OH is 1. The Balaban J connectivity index is 2.99. The highest BCUT2D eigenvalue weighted by Crippen LogP contribution is 2.30. The van der Waals surface area contributed by atoms with Crippen LogP contribution in [0.4, 0.5) is 5.69 Å². The Bertz CT molecular complexity index is 382. The van der Waals surface area contributed by atoms with E-state index in [0.717, 1.165) is 22.3 Å². The van der Waals surface area contributed by atoms with Crippen molar-refractivity contribution >= 4 is 21.6 Å². The molecule has 102 valence electrons. The van der Waals surface area contributed by atoms with Crippen LogP contribution in [-0.4, -0.2) is 31.4 Å². The van der Waals surface area contributed by atoms with E-state index in [1.807, 2.05) is 18.2 Å². The zero-order valence-electron chi connectivity index (χ0n) is 11.5. The van der Waals surface area contributed by atoms with Gasteiger partial charge in [-0.05, 0) is 54.4 Å². The fourth-order valence-corrected chi connectivity index (χ4v) is 2.69. The molecule has 1 unspecified atom stereocenters. The highest BCUT2D eigenvalue weighted by molar-refractivity contribution is 9.10. The first-order valence-electron chi connectivity index (χ1n) is 6.24. The first kappa shape index (κ1) is 15.5. The third kappa shape index (κ3) is 3.70. The van der Waals surface area contributed by atoms with Crippen LogP contribution in [0.3, 0.4) is 0 Å². The van der Waals surface area contributed by atoms with Gasteiger partial charge in [0.1, 0.15) is 0 Å². The summed E-state index contributed by atoms with van der Waals surface area (Å²) in [5.41, 5.74) is 2.05. The molecule has 1 N–H and O–H groups in total. The van der Waals surface area contributed by atoms with Crippen molar-refractivity contribution < 1.29 is 9.84 Å². The molecule has 0 spiro atoms. The summed E-state index contributed by atoms with van der Waals surface area (Å²) < 4.78 is 6.22. The summed E-state index contributed by atoms with van der Waals surface area (Å²) in [4.78, 5) is 2.28. The molecule has 0 saturated heterocycles. The van der Waals surface area contributed by atoms with Gasteiger partial charge < -0.3 is 14.7 Å². The monoisotopic (exact) mass is 315 g/mol. The van der Waals surface area contributed by atoms with E-state index in [9.17, 15) is 5.11 Å². The van der Waals surface area contributed by atoms with E-state index in [0.29, 0.717) is 12.6 Å². The van der Waals surface area contributed by atoms with Gasteiger partial charge in [-0.25, -0.2) is 0 Å². The number of anilines is 1. The van der Waals surface area contributed by atoms with Gasteiger partial charge in [-0.3, -0.25) is 0 Å². The largest absolute Gasteiger partial charge is 0.389 e. The Morgan fingerprint density at radius 2 is 2.06 bits per heavy atom. The molecule has 18 heavy (non-hydrogen) atoms. The zero-order valence-corrected chi connectivity index (χ0v) is 13.1. The van der Waals surface area contributed by atoms with E-state index in [4.69, 9.17) is 4.74 Å². The Morgan fingerprint density at radius 1 is 1.39 bits per heavy atom. The zero-order chi connectivity index (χ0) is 13.7. The first-order valence-corrected chi connectivity index (χ1v) is 7.03. The molecule has 1 aromatic carbocycles. The lowest BCUT2D eigenvalue weighted by atomic mass is 10.1. The van der Waals surface area contributed by atoms with Gasteiger partial charge in [0.05, 0.1) is 18.4 Å². The summed E-state index contributed by atoms with van der Waals surface area (Å²) in [5.74, 6) is 0. The summed E-state index contributed by atoms with van der Waals surface area (Å²) in [7, 11) is 1.72. The van der Waals surface area contributed by atoms with Gasteiger partial charge >= 0.3 is 0 Å². The number of ether oxygens (including phenoxy) is 1. The van der Waals surface area contributed by atoms with Crippen LogP contribution < -0.4 is 4.90 Å². The second-order valence-electron chi connectivity index (χ2n) is 4.48. The fourth-order valence-electron chi connectivity index (χ4n) is 2.07. The van der Waals surface area contributed by atoms with E-state index in [1.54, 1.807) is 14.0 Å². The van der Waals surface area contributed by atoms with Crippen LogP contribution >= 0.6 is 15.9 Å². The molecule has 0 aliphatic rings. The smallest absolute Gasteiger partial charge is 0.0762 e. The van der Waals surface area contributed by atoms with Gasteiger partial charge in [0.2, 0.25) is 0 Å². The molecule has 0 radical (unpaired) electrons. The highest BCUT2D eigenvalue weighted by Gasteiger charge is 2.16. The third-order valence-corrected chi connectivity index (χ3v) is 3.68. The minimum Gasteiger partial charge on any atom is -0.389 e. The molecule has 0 saturated carbocycles. The van der Waals surface area contributed by atoms with Crippen molar-refractivity contribution in [2.24, 2.45) is 0 Å². The number of aliphatic hydroxyl groups is 1. The minimum atomic E-state index is -0.443. The predicted molar refractivity (Wildman–Crippen MR) is 79.1 cm³/mol. The number of benzene rings is 1. The lowest BCUT2D eigenvalue weighted by Gasteiger charge is -2.31. The molecule has 0 fully saturated rings. The number of hydrogen-bond donors (Lipinski definition) is 1. The van der Waals surface area contributed by atoms with Gasteiger partial charge in [0, 0.05) is 24.2 Å². The van der Waals surface area contributed by atoms with Crippen LogP contribution in [-0.2, 0) is 4.74 Å². The second kappa shape index (κ2) is 7.12. The van der Waals surface area contributed by atoms with Crippen LogP contribution in [0.25, 0.3) is 0 Å². The lowest BCUT2D eigenvalue weighted by molar-refractivity contribution is 0.182. The highest BCUT2D eigenvalue weighted by atomic mass is 79.9. The normalized spacial score (nSPS) is 14.3. The van der Waals surface area contributed by atoms with Crippen molar-refractivity contribution in [1.82, 2.24) is 0 Å². The minimum absolute atomic E-state index is 0.314. The molecular formula is C14H22BrNO2. The summed E-state index contributed by atoms with van der Waals surface area (Å²) in [6.45, 7) is 7.64. The number of rotatable bonds is 6. The Kier molecular flexibility index (Phi) is 6.12. The fraction of sp³-hybridized carbons (Fsp3) is 0.571. The molecule has 0 amide bonds. The molecule has 2 atom stereocenters. The number of nitrogens with zero attached hydrogens (tertiary/aromatic N) is 1. The molecule has 3 nitrogen and oxygen atoms in total. The maximum atomic E-state index is 9.57. The Morgan fingerprint density at radius 3 is 2.50 bits per heavy atom. The average Bonchev–Trinajstić information content (AvgIpc) is 2.32. The molecule has 1 aromatic rings. The molecule has 0 heterocycles. The number of likely N-dealkylation sites (N-methyl/N-ethyl adjacent to an activating group) is 1. The van der Waals surface area contributed by atoms with Crippen LogP contribution in [0.2, 0.25) is 0 Å². The first-order chi connectivity index (χ1) is 8.51. The maximum absolute atomic E-state index is 9.57. The summed E-state index contributed by atoms with van der Waals surface area (Å²) in [6.07, 6.45) is -0.443. The summed E-state index contributed by atoms with van der Waals surface area (Å²) >= 11 is 3.58. The van der Waals surface area contributed by atoms with Crippen LogP contribution in [0, 0.1) is 0 Å². The van der Waals surface area contributed by atoms with Crippen molar-refractivity contribution in [3.8, 4) is 0 Å². The number of hydrogen-bond acceptors (Lipinski definition) is 3. The topological polar surface area (TPSA) is 32.7 Å². The lowest BCUT2D eigenvalue weighted by Crippen LogP contribution is -2.36. The molecule has 0 aliphatic carbocycles. The van der Waals surface area contributed by atoms with E-state index in [2.05, 4.69) is 34.7 Å². The van der Waals surface area contributed by atoms with Crippen LogP contribution in [0.15, 0.2) is 22.7 Å². The number of halogens is 1. The van der Waals surface area contributed by atoms with Gasteiger partial charge in [0.25, 0.3) is 0 Å². The quantitative estimate of drug-likeness (QED) is 0.873. The Hall–Kier alpha value is -0.580. The van der Waals surface area contributed by atoms with E-state index in [-0.39, 0.29) is 0 Å². The Labute approximate surface area is 118 Å². The maximum Gasteiger partial charge on any atom is 0.0762 e. The summed E-state index contributed by atoms with van der Waals surface area (Å²) in [5, 5.41) is 9.57. The standard InChI is InChI=1S/C14H22BrNO2/c1-5-16(10(2)9-18-4)14-7-6-12(11(3)17)8-13(14)15/h6-8,10-11,17H,5,9H2,1-4H3/t10?,11-/m1/s1. The van der Waals surface area contributed by atoms with Crippen molar-refractivity contribution in [3.63, 3.8) is 0 Å². The SMILES string of the molecule is CCN(c1ccc([C@@H](C)O)cc1Br)C(C)COC. The van der Waals surface area contributed by atoms with Crippen molar-refractivity contribution in [2.45, 2.75) is 32.9 Å². The van der Waals surface area contributed by atoms with Gasteiger partial charge in [0.15, 0.2) is 0 Å². The van der Waals surface area contributed by atoms with Gasteiger partial charge in [-0.1, -0.05) is 6.07 Å². The van der Waals surface area contributed by atoms with E-state index in [1.165, 1.54) is 0 Å². The third-order valence-electron chi connectivity index (χ3n) is 3.04. The second-order valence-corrected chi connectivity index (χ2v) is 5.33. The molecule has 0 bridgehead atoms. The van der Waals surface area contributed by atoms with E-state index >= 15 is 0 Å². The molecular weight excluding hydrogens is 294 g/mol. The molecule has 0 aromatic heterocycles. The molecule has 1 rings (SSSR count). The van der Waals surface area contributed by atoms with Crippen LogP contribution in [0.5, 0.6) is 0 Å². The van der Waals surface area contributed by atoms with Gasteiger partial charge in [-0.2, -0.15) is 0 Å². The summed E-state index contributed by atoms with van der Waals surface area (Å²) in [6, 6.07) is 6.30. The van der Waals surface area contributed by atoms with E-state index < -0.39 is 6.10 Å². The molecule has 4 heteroatoms. The number of methoxy groups -OCH3 is 1.